The van der Waals surface area contributed by atoms with Crippen molar-refractivity contribution in [3.8, 4) is 11.5 Å². The number of hydrogen-bond donors (Lipinski definition) is 0. The molecule has 108 valence electrons. The molecule has 0 amide bonds. The summed E-state index contributed by atoms with van der Waals surface area (Å²) in [6.07, 6.45) is 2.16. The van der Waals surface area contributed by atoms with Gasteiger partial charge in [-0.3, -0.25) is 0 Å². The highest BCUT2D eigenvalue weighted by molar-refractivity contribution is 6.33. The lowest BCUT2D eigenvalue weighted by molar-refractivity contribution is 0.260. The van der Waals surface area contributed by atoms with Crippen molar-refractivity contribution in [1.82, 2.24) is 0 Å². The first-order chi connectivity index (χ1) is 10.3. The van der Waals surface area contributed by atoms with Gasteiger partial charge in [-0.05, 0) is 36.6 Å². The van der Waals surface area contributed by atoms with Gasteiger partial charge in [-0.2, -0.15) is 0 Å². The Morgan fingerprint density at radius 3 is 2.86 bits per heavy atom. The summed E-state index contributed by atoms with van der Waals surface area (Å²) in [7, 11) is 0. The predicted molar refractivity (Wildman–Crippen MR) is 83.4 cm³/mol. The maximum Gasteiger partial charge on any atom is 0.161 e. The third-order valence-electron chi connectivity index (χ3n) is 4.05. The first kappa shape index (κ1) is 12.8. The number of anilines is 1. The molecule has 0 aromatic heterocycles. The lowest BCUT2D eigenvalue weighted by Crippen LogP contribution is -2.32. The third-order valence-corrected chi connectivity index (χ3v) is 4.37. The number of fused-ring (bicyclic) bond motifs is 3. The van der Waals surface area contributed by atoms with Gasteiger partial charge in [-0.25, -0.2) is 0 Å². The van der Waals surface area contributed by atoms with Crippen LogP contribution in [0.2, 0.25) is 5.02 Å². The first-order valence-corrected chi connectivity index (χ1v) is 7.60. The summed E-state index contributed by atoms with van der Waals surface area (Å²) >= 11 is 6.30. The normalized spacial score (nSPS) is 16.5. The number of benzene rings is 2. The van der Waals surface area contributed by atoms with Crippen LogP contribution < -0.4 is 14.4 Å². The van der Waals surface area contributed by atoms with E-state index in [-0.39, 0.29) is 0 Å². The van der Waals surface area contributed by atoms with E-state index in [1.54, 1.807) is 0 Å². The molecule has 2 aliphatic heterocycles. The van der Waals surface area contributed by atoms with Gasteiger partial charge in [0.1, 0.15) is 11.5 Å². The van der Waals surface area contributed by atoms with Crippen molar-refractivity contribution in [2.75, 3.05) is 18.2 Å². The smallest absolute Gasteiger partial charge is 0.161 e. The Kier molecular flexibility index (Phi) is 3.15. The van der Waals surface area contributed by atoms with Gasteiger partial charge in [0.2, 0.25) is 0 Å². The fourth-order valence-corrected chi connectivity index (χ4v) is 3.26. The van der Waals surface area contributed by atoms with Crippen molar-refractivity contribution >= 4 is 17.3 Å². The molecule has 0 atom stereocenters. The Bertz CT molecular complexity index is 686. The second-order valence-corrected chi connectivity index (χ2v) is 5.81. The molecule has 4 rings (SSSR count). The molecule has 2 aromatic rings. The van der Waals surface area contributed by atoms with Gasteiger partial charge in [0.05, 0.1) is 29.4 Å². The van der Waals surface area contributed by atoms with Gasteiger partial charge in [0, 0.05) is 0 Å². The molecule has 0 unspecified atom stereocenters. The Morgan fingerprint density at radius 1 is 1.05 bits per heavy atom. The van der Waals surface area contributed by atoms with Crippen LogP contribution in [0.5, 0.6) is 11.5 Å². The molecule has 0 spiro atoms. The molecule has 0 fully saturated rings. The number of para-hydroxylation sites is 1. The van der Waals surface area contributed by atoms with Crippen LogP contribution in [0.25, 0.3) is 0 Å². The minimum absolute atomic E-state index is 0.509. The molecule has 0 aliphatic carbocycles. The van der Waals surface area contributed by atoms with Gasteiger partial charge < -0.3 is 14.4 Å². The van der Waals surface area contributed by atoms with Crippen LogP contribution in [0.3, 0.4) is 0 Å². The van der Waals surface area contributed by atoms with Crippen LogP contribution in [0.15, 0.2) is 36.4 Å². The molecule has 2 aromatic carbocycles. The van der Waals surface area contributed by atoms with Gasteiger partial charge in [0.15, 0.2) is 6.73 Å². The summed E-state index contributed by atoms with van der Waals surface area (Å²) in [5.41, 5.74) is 3.42. The second-order valence-electron chi connectivity index (χ2n) is 5.41. The zero-order valence-electron chi connectivity index (χ0n) is 11.6. The average Bonchev–Trinajstić information content (AvgIpc) is 2.55. The summed E-state index contributed by atoms with van der Waals surface area (Å²) in [6.45, 7) is 2.06. The van der Waals surface area contributed by atoms with E-state index in [9.17, 15) is 0 Å². The number of ether oxygens (including phenoxy) is 2. The summed E-state index contributed by atoms with van der Waals surface area (Å²) in [6, 6.07) is 12.0. The van der Waals surface area contributed by atoms with E-state index in [1.807, 2.05) is 24.3 Å². The second kappa shape index (κ2) is 5.15. The van der Waals surface area contributed by atoms with Crippen LogP contribution in [-0.2, 0) is 13.0 Å². The summed E-state index contributed by atoms with van der Waals surface area (Å²) in [4.78, 5) is 2.14. The first-order valence-electron chi connectivity index (χ1n) is 7.23. The SMILES string of the molecule is Clc1ccccc1N1COc2ccc3c(c2C1)OCCC3. The van der Waals surface area contributed by atoms with Gasteiger partial charge in [-0.15, -0.1) is 0 Å². The van der Waals surface area contributed by atoms with Crippen molar-refractivity contribution in [2.45, 2.75) is 19.4 Å². The van der Waals surface area contributed by atoms with E-state index < -0.39 is 0 Å². The summed E-state index contributed by atoms with van der Waals surface area (Å²) < 4.78 is 11.8. The van der Waals surface area contributed by atoms with Crippen molar-refractivity contribution in [3.05, 3.63) is 52.5 Å². The third kappa shape index (κ3) is 2.22. The number of rotatable bonds is 1. The molecule has 0 saturated heterocycles. The van der Waals surface area contributed by atoms with Crippen molar-refractivity contribution in [2.24, 2.45) is 0 Å². The van der Waals surface area contributed by atoms with Crippen LogP contribution in [0.1, 0.15) is 17.5 Å². The molecular formula is C17H16ClNO2. The Balaban J connectivity index is 1.72. The van der Waals surface area contributed by atoms with E-state index in [0.717, 1.165) is 53.8 Å². The van der Waals surface area contributed by atoms with E-state index in [1.165, 1.54) is 5.56 Å². The fourth-order valence-electron chi connectivity index (χ4n) is 3.00. The molecule has 0 radical (unpaired) electrons. The Labute approximate surface area is 129 Å². The number of aryl methyl sites for hydroxylation is 1. The van der Waals surface area contributed by atoms with Gasteiger partial charge in [0.25, 0.3) is 0 Å². The van der Waals surface area contributed by atoms with Crippen LogP contribution in [-0.4, -0.2) is 13.3 Å². The fraction of sp³-hybridized carbons (Fsp3) is 0.294. The van der Waals surface area contributed by atoms with E-state index in [4.69, 9.17) is 21.1 Å². The van der Waals surface area contributed by atoms with E-state index in [2.05, 4.69) is 17.0 Å². The summed E-state index contributed by atoms with van der Waals surface area (Å²) in [5.74, 6) is 1.94. The maximum atomic E-state index is 6.30. The molecule has 0 saturated carbocycles. The number of hydrogen-bond acceptors (Lipinski definition) is 3. The molecule has 21 heavy (non-hydrogen) atoms. The van der Waals surface area contributed by atoms with Crippen molar-refractivity contribution in [3.63, 3.8) is 0 Å². The largest absolute Gasteiger partial charge is 0.493 e. The summed E-state index contributed by atoms with van der Waals surface area (Å²) in [5, 5.41) is 0.746. The topological polar surface area (TPSA) is 21.7 Å². The molecular weight excluding hydrogens is 286 g/mol. The molecule has 0 N–H and O–H groups in total. The van der Waals surface area contributed by atoms with Crippen LogP contribution in [0, 0.1) is 0 Å². The molecule has 2 aliphatic rings. The Hall–Kier alpha value is -1.87. The quantitative estimate of drug-likeness (QED) is 0.794. The van der Waals surface area contributed by atoms with Crippen LogP contribution >= 0.6 is 11.6 Å². The molecule has 0 bridgehead atoms. The Morgan fingerprint density at radius 2 is 1.95 bits per heavy atom. The maximum absolute atomic E-state index is 6.30. The predicted octanol–water partition coefficient (Wildman–Crippen LogP) is 4.02. The van der Waals surface area contributed by atoms with Crippen molar-refractivity contribution < 1.29 is 9.47 Å². The average molecular weight is 302 g/mol. The highest BCUT2D eigenvalue weighted by atomic mass is 35.5. The number of halogens is 1. The van der Waals surface area contributed by atoms with Gasteiger partial charge in [-0.1, -0.05) is 29.8 Å². The zero-order chi connectivity index (χ0) is 14.2. The minimum atomic E-state index is 0.509. The van der Waals surface area contributed by atoms with E-state index in [0.29, 0.717) is 6.73 Å². The molecule has 4 heteroatoms. The zero-order valence-corrected chi connectivity index (χ0v) is 12.4. The molecule has 2 heterocycles. The lowest BCUT2D eigenvalue weighted by atomic mass is 10.0. The van der Waals surface area contributed by atoms with Crippen molar-refractivity contribution in [1.29, 1.82) is 0 Å². The van der Waals surface area contributed by atoms with Crippen LogP contribution in [0.4, 0.5) is 5.69 Å². The monoisotopic (exact) mass is 301 g/mol. The molecule has 3 nitrogen and oxygen atoms in total. The highest BCUT2D eigenvalue weighted by Gasteiger charge is 2.25. The number of nitrogens with zero attached hydrogens (tertiary/aromatic N) is 1. The van der Waals surface area contributed by atoms with E-state index >= 15 is 0 Å². The standard InChI is InChI=1S/C17H16ClNO2/c18-14-5-1-2-6-15(14)19-10-13-16(21-11-19)8-7-12-4-3-9-20-17(12)13/h1-2,5-8H,3-4,9-11H2. The van der Waals surface area contributed by atoms with Gasteiger partial charge >= 0.3 is 0 Å². The minimum Gasteiger partial charge on any atom is -0.493 e. The highest BCUT2D eigenvalue weighted by Crippen LogP contribution is 2.40. The lowest BCUT2D eigenvalue weighted by Gasteiger charge is -2.33.